The Morgan fingerprint density at radius 2 is 1.41 bits per heavy atom. The summed E-state index contributed by atoms with van der Waals surface area (Å²) in [4.78, 5) is 25.5. The minimum Gasteiger partial charge on any atom is -0.294 e. The molecule has 2 aromatic rings. The van der Waals surface area contributed by atoms with Crippen molar-refractivity contribution in [2.45, 2.75) is 53.9 Å². The number of hydrogen-bond donors (Lipinski definition) is 0. The molecule has 0 aromatic heterocycles. The molecule has 1 atom stereocenters. The van der Waals surface area contributed by atoms with E-state index in [9.17, 15) is 14.2 Å². The Morgan fingerprint density at radius 1 is 0.889 bits per heavy atom. The molecule has 0 saturated heterocycles. The molecule has 0 aliphatic carbocycles. The maximum absolute atomic E-state index is 12.8. The predicted molar refractivity (Wildman–Crippen MR) is 112 cm³/mol. The van der Waals surface area contributed by atoms with Crippen LogP contribution in [0.1, 0.15) is 68.8 Å². The van der Waals surface area contributed by atoms with Crippen LogP contribution in [0.4, 0.5) is 0 Å². The summed E-state index contributed by atoms with van der Waals surface area (Å²) in [6.07, 6.45) is 1.79. The fraction of sp³-hybridized carbons (Fsp3) is 0.391. The first-order valence-corrected chi connectivity index (χ1v) is 10.9. The van der Waals surface area contributed by atoms with Crippen molar-refractivity contribution in [3.8, 4) is 0 Å². The van der Waals surface area contributed by atoms with E-state index in [0.717, 1.165) is 46.2 Å². The Kier molecular flexibility index (Phi) is 7.21. The molecule has 142 valence electrons. The first kappa shape index (κ1) is 21.2. The van der Waals surface area contributed by atoms with Crippen LogP contribution in [0.15, 0.2) is 30.3 Å². The van der Waals surface area contributed by atoms with Gasteiger partial charge in [-0.1, -0.05) is 54.3 Å². The van der Waals surface area contributed by atoms with Gasteiger partial charge in [-0.25, -0.2) is 4.79 Å². The van der Waals surface area contributed by atoms with Crippen LogP contribution in [0.2, 0.25) is 0 Å². The lowest BCUT2D eigenvalue weighted by Crippen LogP contribution is -2.10. The van der Waals surface area contributed by atoms with Crippen molar-refractivity contribution in [1.82, 2.24) is 0 Å². The Bertz CT molecular complexity index is 851. The van der Waals surface area contributed by atoms with Crippen molar-refractivity contribution in [2.75, 3.05) is 6.16 Å². The number of hydrogen-bond acceptors (Lipinski definition) is 3. The van der Waals surface area contributed by atoms with Gasteiger partial charge in [-0.05, 0) is 55.9 Å². The van der Waals surface area contributed by atoms with E-state index >= 15 is 0 Å². The van der Waals surface area contributed by atoms with E-state index in [4.69, 9.17) is 0 Å². The average Bonchev–Trinajstić information content (AvgIpc) is 2.63. The molecule has 1 unspecified atom stereocenters. The Morgan fingerprint density at radius 3 is 1.89 bits per heavy atom. The molecule has 0 aliphatic heterocycles. The summed E-state index contributed by atoms with van der Waals surface area (Å²) in [5.41, 5.74) is 5.76. The van der Waals surface area contributed by atoms with Crippen molar-refractivity contribution in [1.29, 1.82) is 0 Å². The Balaban J connectivity index is 2.17. The zero-order valence-corrected chi connectivity index (χ0v) is 17.8. The highest BCUT2D eigenvalue weighted by Crippen LogP contribution is 2.32. The summed E-state index contributed by atoms with van der Waals surface area (Å²) in [6, 6.07) is 9.77. The van der Waals surface area contributed by atoms with Crippen molar-refractivity contribution < 1.29 is 14.2 Å². The van der Waals surface area contributed by atoms with Gasteiger partial charge in [0, 0.05) is 5.56 Å². The molecule has 0 heterocycles. The molecule has 0 saturated carbocycles. The maximum Gasteiger partial charge on any atom is 0.420 e. The summed E-state index contributed by atoms with van der Waals surface area (Å²) in [6.45, 7) is 9.76. The van der Waals surface area contributed by atoms with Gasteiger partial charge in [0.15, 0.2) is 11.9 Å². The first-order valence-electron chi connectivity index (χ1n) is 9.50. The van der Waals surface area contributed by atoms with Gasteiger partial charge in [0.1, 0.15) is 0 Å². The molecular weight excluding hydrogens is 355 g/mol. The fourth-order valence-electron chi connectivity index (χ4n) is 3.67. The van der Waals surface area contributed by atoms with Gasteiger partial charge in [-0.15, -0.1) is 0 Å². The highest BCUT2D eigenvalue weighted by Gasteiger charge is 2.33. The lowest BCUT2D eigenvalue weighted by atomic mass is 9.93. The van der Waals surface area contributed by atoms with Gasteiger partial charge in [0.2, 0.25) is 0 Å². The number of aryl methyl sites for hydroxylation is 5. The molecule has 0 amide bonds. The van der Waals surface area contributed by atoms with Gasteiger partial charge < -0.3 is 0 Å². The number of rotatable bonds is 8. The summed E-state index contributed by atoms with van der Waals surface area (Å²) in [5.74, 6) is -0.0159. The standard InChI is InChI=1S/C23H28O3P/c1-6-18-9-8-10-19(7-2)22(18)20(24)11-12-27(26)23(25)21-16(4)13-15(3)14-17(21)5/h8-10,13-14H,6-7,11-12H2,1-5H3/q+1. The van der Waals surface area contributed by atoms with E-state index in [1.165, 1.54) is 0 Å². The van der Waals surface area contributed by atoms with Crippen LogP contribution in [-0.2, 0) is 17.4 Å². The highest BCUT2D eigenvalue weighted by atomic mass is 31.1. The molecule has 0 aliphatic rings. The van der Waals surface area contributed by atoms with E-state index in [0.29, 0.717) is 5.56 Å². The largest absolute Gasteiger partial charge is 0.420 e. The van der Waals surface area contributed by atoms with Crippen LogP contribution in [0.3, 0.4) is 0 Å². The van der Waals surface area contributed by atoms with Gasteiger partial charge in [0.05, 0.1) is 12.0 Å². The third kappa shape index (κ3) is 4.78. The summed E-state index contributed by atoms with van der Waals surface area (Å²) < 4.78 is 12.6. The molecule has 0 spiro atoms. The van der Waals surface area contributed by atoms with Crippen LogP contribution in [0, 0.1) is 20.8 Å². The lowest BCUT2D eigenvalue weighted by Gasteiger charge is -2.11. The molecule has 0 fully saturated rings. The molecular formula is C23H28O3P+. The second kappa shape index (κ2) is 9.19. The van der Waals surface area contributed by atoms with Gasteiger partial charge in [-0.3, -0.25) is 4.79 Å². The predicted octanol–water partition coefficient (Wildman–Crippen LogP) is 5.98. The van der Waals surface area contributed by atoms with Crippen molar-refractivity contribution in [2.24, 2.45) is 0 Å². The van der Waals surface area contributed by atoms with Crippen molar-refractivity contribution in [3.63, 3.8) is 0 Å². The maximum atomic E-state index is 12.8. The van der Waals surface area contributed by atoms with Gasteiger partial charge >= 0.3 is 13.3 Å². The number of carbonyl (C=O) groups excluding carboxylic acids is 2. The molecule has 27 heavy (non-hydrogen) atoms. The van der Waals surface area contributed by atoms with Crippen molar-refractivity contribution >= 4 is 19.1 Å². The number of Topliss-reactive ketones (excluding diaryl/α,β-unsaturated/α-hetero) is 1. The first-order chi connectivity index (χ1) is 12.8. The quantitative estimate of drug-likeness (QED) is 0.416. The summed E-state index contributed by atoms with van der Waals surface area (Å²) >= 11 is 0. The minimum absolute atomic E-state index is 0.0159. The van der Waals surface area contributed by atoms with Crippen LogP contribution >= 0.6 is 7.80 Å². The lowest BCUT2D eigenvalue weighted by molar-refractivity contribution is 0.0987. The topological polar surface area (TPSA) is 51.2 Å². The normalized spacial score (nSPS) is 11.4. The molecule has 2 aromatic carbocycles. The molecule has 0 bridgehead atoms. The Labute approximate surface area is 163 Å². The molecule has 0 radical (unpaired) electrons. The van der Waals surface area contributed by atoms with Crippen LogP contribution in [0.25, 0.3) is 0 Å². The third-order valence-corrected chi connectivity index (χ3v) is 6.24. The highest BCUT2D eigenvalue weighted by molar-refractivity contribution is 7.64. The van der Waals surface area contributed by atoms with E-state index in [-0.39, 0.29) is 23.9 Å². The van der Waals surface area contributed by atoms with Crippen LogP contribution in [-0.4, -0.2) is 17.5 Å². The zero-order chi connectivity index (χ0) is 20.1. The molecule has 2 rings (SSSR count). The van der Waals surface area contributed by atoms with Crippen LogP contribution < -0.4 is 0 Å². The zero-order valence-electron chi connectivity index (χ0n) is 16.9. The van der Waals surface area contributed by atoms with Crippen molar-refractivity contribution in [3.05, 3.63) is 69.3 Å². The molecule has 4 heteroatoms. The Hall–Kier alpha value is -2.12. The minimum atomic E-state index is -2.12. The number of ketones is 1. The molecule has 3 nitrogen and oxygen atoms in total. The SMILES string of the molecule is CCc1cccc(CC)c1C(=O)CC[P+](=O)C(=O)c1c(C)cc(C)cc1C. The number of carbonyl (C=O) groups is 2. The third-order valence-electron chi connectivity index (χ3n) is 4.94. The monoisotopic (exact) mass is 383 g/mol. The van der Waals surface area contributed by atoms with Crippen LogP contribution in [0.5, 0.6) is 0 Å². The van der Waals surface area contributed by atoms with Gasteiger partial charge in [-0.2, -0.15) is 0 Å². The number of benzene rings is 2. The molecule has 0 N–H and O–H groups in total. The van der Waals surface area contributed by atoms with E-state index < -0.39 is 7.80 Å². The second-order valence-electron chi connectivity index (χ2n) is 7.01. The smallest absolute Gasteiger partial charge is 0.294 e. The fourth-order valence-corrected chi connectivity index (χ4v) is 4.88. The summed E-state index contributed by atoms with van der Waals surface area (Å²) in [7, 11) is -2.12. The van der Waals surface area contributed by atoms with E-state index in [1.807, 2.05) is 65.0 Å². The second-order valence-corrected chi connectivity index (χ2v) is 8.62. The summed E-state index contributed by atoms with van der Waals surface area (Å²) in [5, 5.41) is 0. The average molecular weight is 383 g/mol. The van der Waals surface area contributed by atoms with Gasteiger partial charge in [0.25, 0.3) is 0 Å². The van der Waals surface area contributed by atoms with E-state index in [1.54, 1.807) is 0 Å². The van der Waals surface area contributed by atoms with E-state index in [2.05, 4.69) is 0 Å².